The van der Waals surface area contributed by atoms with E-state index in [9.17, 15) is 4.79 Å². The molecule has 4 heteroatoms. The molecule has 1 aromatic carbocycles. The van der Waals surface area contributed by atoms with Gasteiger partial charge in [0.2, 0.25) is 5.91 Å². The Morgan fingerprint density at radius 3 is 2.50 bits per heavy atom. The van der Waals surface area contributed by atoms with Crippen molar-refractivity contribution in [1.29, 1.82) is 0 Å². The summed E-state index contributed by atoms with van der Waals surface area (Å²) in [6.07, 6.45) is 1.20. The standard InChI is InChI=1S/C16H25BrN2O/c1-11(13-7-5-6-8-14(13)17)19-15(20)9-12(18)10-16(2,3)4/h5-8,11-12H,9-10,18H2,1-4H3,(H,19,20). The van der Waals surface area contributed by atoms with Crippen molar-refractivity contribution in [2.24, 2.45) is 11.1 Å². The molecular weight excluding hydrogens is 316 g/mol. The largest absolute Gasteiger partial charge is 0.349 e. The highest BCUT2D eigenvalue weighted by Crippen LogP contribution is 2.23. The second kappa shape index (κ2) is 7.23. The first-order valence-electron chi connectivity index (χ1n) is 6.98. The third kappa shape index (κ3) is 6.06. The Morgan fingerprint density at radius 2 is 1.95 bits per heavy atom. The number of carbonyl (C=O) groups excluding carboxylic acids is 1. The number of nitrogens with two attached hydrogens (primary N) is 1. The molecule has 1 aromatic rings. The van der Waals surface area contributed by atoms with E-state index in [0.717, 1.165) is 16.5 Å². The van der Waals surface area contributed by atoms with E-state index < -0.39 is 0 Å². The molecule has 0 spiro atoms. The van der Waals surface area contributed by atoms with E-state index >= 15 is 0 Å². The maximum absolute atomic E-state index is 12.0. The summed E-state index contributed by atoms with van der Waals surface area (Å²) >= 11 is 3.50. The van der Waals surface area contributed by atoms with Gasteiger partial charge in [-0.3, -0.25) is 4.79 Å². The van der Waals surface area contributed by atoms with Gasteiger partial charge in [-0.25, -0.2) is 0 Å². The molecular formula is C16H25BrN2O. The van der Waals surface area contributed by atoms with Crippen LogP contribution in [0.4, 0.5) is 0 Å². The fraction of sp³-hybridized carbons (Fsp3) is 0.562. The highest BCUT2D eigenvalue weighted by molar-refractivity contribution is 9.10. The number of rotatable bonds is 5. The van der Waals surface area contributed by atoms with Crippen LogP contribution >= 0.6 is 15.9 Å². The molecule has 1 rings (SSSR count). The van der Waals surface area contributed by atoms with Crippen LogP contribution in [0.25, 0.3) is 0 Å². The summed E-state index contributed by atoms with van der Waals surface area (Å²) < 4.78 is 1.01. The van der Waals surface area contributed by atoms with Crippen molar-refractivity contribution >= 4 is 21.8 Å². The highest BCUT2D eigenvalue weighted by atomic mass is 79.9. The lowest BCUT2D eigenvalue weighted by Crippen LogP contribution is -2.35. The molecule has 0 aliphatic rings. The van der Waals surface area contributed by atoms with E-state index in [1.54, 1.807) is 0 Å². The third-order valence-electron chi connectivity index (χ3n) is 3.07. The van der Waals surface area contributed by atoms with Crippen LogP contribution in [0.5, 0.6) is 0 Å². The van der Waals surface area contributed by atoms with Crippen LogP contribution in [0.3, 0.4) is 0 Å². The topological polar surface area (TPSA) is 55.1 Å². The lowest BCUT2D eigenvalue weighted by Gasteiger charge is -2.23. The molecule has 0 aliphatic heterocycles. The summed E-state index contributed by atoms with van der Waals surface area (Å²) in [4.78, 5) is 12.0. The van der Waals surface area contributed by atoms with E-state index in [-0.39, 0.29) is 23.4 Å². The molecule has 112 valence electrons. The smallest absolute Gasteiger partial charge is 0.222 e. The van der Waals surface area contributed by atoms with Crippen molar-refractivity contribution in [2.45, 2.75) is 52.6 Å². The minimum atomic E-state index is -0.0959. The zero-order valence-corrected chi connectivity index (χ0v) is 14.3. The first-order chi connectivity index (χ1) is 9.19. The van der Waals surface area contributed by atoms with Gasteiger partial charge in [-0.1, -0.05) is 54.9 Å². The van der Waals surface area contributed by atoms with Crippen LogP contribution in [-0.4, -0.2) is 11.9 Å². The summed E-state index contributed by atoms with van der Waals surface area (Å²) in [6.45, 7) is 8.38. The molecule has 2 atom stereocenters. The van der Waals surface area contributed by atoms with Crippen LogP contribution in [0.2, 0.25) is 0 Å². The molecule has 0 saturated carbocycles. The SMILES string of the molecule is CC(NC(=O)CC(N)CC(C)(C)C)c1ccccc1Br. The summed E-state index contributed by atoms with van der Waals surface area (Å²) in [5.74, 6) is 0.00463. The van der Waals surface area contributed by atoms with Gasteiger partial charge >= 0.3 is 0 Å². The lowest BCUT2D eigenvalue weighted by molar-refractivity contribution is -0.122. The van der Waals surface area contributed by atoms with E-state index in [2.05, 4.69) is 42.0 Å². The summed E-state index contributed by atoms with van der Waals surface area (Å²) in [6, 6.07) is 7.78. The van der Waals surface area contributed by atoms with Gasteiger partial charge in [0.05, 0.1) is 6.04 Å². The minimum Gasteiger partial charge on any atom is -0.349 e. The summed E-state index contributed by atoms with van der Waals surface area (Å²) in [7, 11) is 0. The van der Waals surface area contributed by atoms with E-state index in [0.29, 0.717) is 6.42 Å². The number of hydrogen-bond donors (Lipinski definition) is 2. The molecule has 0 aromatic heterocycles. The lowest BCUT2D eigenvalue weighted by atomic mass is 9.87. The van der Waals surface area contributed by atoms with Gasteiger partial charge in [-0.15, -0.1) is 0 Å². The van der Waals surface area contributed by atoms with Gasteiger partial charge in [0.1, 0.15) is 0 Å². The van der Waals surface area contributed by atoms with E-state index in [4.69, 9.17) is 5.73 Å². The van der Waals surface area contributed by atoms with Crippen LogP contribution in [0.1, 0.15) is 52.1 Å². The molecule has 0 saturated heterocycles. The molecule has 3 N–H and O–H groups in total. The second-order valence-corrected chi connectivity index (χ2v) is 7.39. The molecule has 3 nitrogen and oxygen atoms in total. The maximum Gasteiger partial charge on any atom is 0.222 e. The van der Waals surface area contributed by atoms with Gasteiger partial charge in [0, 0.05) is 16.9 Å². The molecule has 0 fully saturated rings. The van der Waals surface area contributed by atoms with Crippen molar-refractivity contribution in [3.05, 3.63) is 34.3 Å². The summed E-state index contributed by atoms with van der Waals surface area (Å²) in [5.41, 5.74) is 7.26. The highest BCUT2D eigenvalue weighted by Gasteiger charge is 2.19. The van der Waals surface area contributed by atoms with Crippen molar-refractivity contribution < 1.29 is 4.79 Å². The van der Waals surface area contributed by atoms with Gasteiger partial charge in [-0.05, 0) is 30.4 Å². The monoisotopic (exact) mass is 340 g/mol. The number of halogens is 1. The Balaban J connectivity index is 2.52. The zero-order chi connectivity index (χ0) is 15.3. The Bertz CT molecular complexity index is 454. The number of hydrogen-bond acceptors (Lipinski definition) is 2. The molecule has 0 radical (unpaired) electrons. The Hall–Kier alpha value is -0.870. The molecule has 20 heavy (non-hydrogen) atoms. The Kier molecular flexibility index (Phi) is 6.21. The average Bonchev–Trinajstić information content (AvgIpc) is 2.25. The quantitative estimate of drug-likeness (QED) is 0.856. The first-order valence-corrected chi connectivity index (χ1v) is 7.78. The average molecular weight is 341 g/mol. The molecule has 0 bridgehead atoms. The fourth-order valence-corrected chi connectivity index (χ4v) is 2.93. The maximum atomic E-state index is 12.0. The van der Waals surface area contributed by atoms with E-state index in [1.807, 2.05) is 31.2 Å². The van der Waals surface area contributed by atoms with Gasteiger partial charge in [-0.2, -0.15) is 0 Å². The van der Waals surface area contributed by atoms with Crippen molar-refractivity contribution in [3.8, 4) is 0 Å². The van der Waals surface area contributed by atoms with Crippen molar-refractivity contribution in [2.75, 3.05) is 0 Å². The molecule has 2 unspecified atom stereocenters. The minimum absolute atomic E-state index is 0.00463. The normalized spacial score (nSPS) is 14.7. The van der Waals surface area contributed by atoms with Gasteiger partial charge in [0.15, 0.2) is 0 Å². The second-order valence-electron chi connectivity index (χ2n) is 6.54. The first kappa shape index (κ1) is 17.2. The van der Waals surface area contributed by atoms with Crippen molar-refractivity contribution in [3.63, 3.8) is 0 Å². The van der Waals surface area contributed by atoms with Crippen LogP contribution in [0.15, 0.2) is 28.7 Å². The molecule has 0 aliphatic carbocycles. The fourth-order valence-electron chi connectivity index (χ4n) is 2.30. The predicted octanol–water partition coefficient (Wildman–Crippen LogP) is 3.78. The number of benzene rings is 1. The molecule has 1 amide bonds. The van der Waals surface area contributed by atoms with Crippen LogP contribution in [-0.2, 0) is 4.79 Å². The summed E-state index contributed by atoms with van der Waals surface area (Å²) in [5, 5.41) is 3.00. The zero-order valence-electron chi connectivity index (χ0n) is 12.7. The van der Waals surface area contributed by atoms with Gasteiger partial charge in [0.25, 0.3) is 0 Å². The number of amides is 1. The third-order valence-corrected chi connectivity index (χ3v) is 3.79. The van der Waals surface area contributed by atoms with E-state index in [1.165, 1.54) is 0 Å². The van der Waals surface area contributed by atoms with Crippen LogP contribution < -0.4 is 11.1 Å². The Labute approximate surface area is 130 Å². The molecule has 0 heterocycles. The van der Waals surface area contributed by atoms with Gasteiger partial charge < -0.3 is 11.1 Å². The van der Waals surface area contributed by atoms with Crippen LogP contribution in [0, 0.1) is 5.41 Å². The number of carbonyl (C=O) groups is 1. The number of nitrogens with one attached hydrogen (secondary N) is 1. The Morgan fingerprint density at radius 1 is 1.35 bits per heavy atom. The predicted molar refractivity (Wildman–Crippen MR) is 87.4 cm³/mol. The van der Waals surface area contributed by atoms with Crippen molar-refractivity contribution in [1.82, 2.24) is 5.32 Å².